The number of carboxylic acid groups (broad SMARTS) is 1. The maximum Gasteiger partial charge on any atom is 0.336 e. The molecule has 1 heterocycles. The van der Waals surface area contributed by atoms with E-state index < -0.39 is 17.7 Å². The largest absolute Gasteiger partial charge is 0.491 e. The van der Waals surface area contributed by atoms with Crippen LogP contribution in [0.25, 0.3) is 0 Å². The molecular formula is C22H25ClO6. The van der Waals surface area contributed by atoms with Crippen molar-refractivity contribution in [2.75, 3.05) is 19.8 Å². The van der Waals surface area contributed by atoms with E-state index in [2.05, 4.69) is 0 Å². The summed E-state index contributed by atoms with van der Waals surface area (Å²) < 4.78 is 16.8. The first-order chi connectivity index (χ1) is 13.9. The van der Waals surface area contributed by atoms with Gasteiger partial charge >= 0.3 is 5.97 Å². The Bertz CT molecular complexity index is 847. The van der Waals surface area contributed by atoms with E-state index in [1.807, 2.05) is 19.1 Å². The number of rotatable bonds is 9. The summed E-state index contributed by atoms with van der Waals surface area (Å²) in [7, 11) is 0. The van der Waals surface area contributed by atoms with Gasteiger partial charge in [0.1, 0.15) is 30.8 Å². The van der Waals surface area contributed by atoms with Crippen molar-refractivity contribution in [3.05, 3.63) is 58.6 Å². The predicted molar refractivity (Wildman–Crippen MR) is 109 cm³/mol. The van der Waals surface area contributed by atoms with Gasteiger partial charge in [0, 0.05) is 18.1 Å². The van der Waals surface area contributed by atoms with Gasteiger partial charge in [0.25, 0.3) is 0 Å². The van der Waals surface area contributed by atoms with Crippen LogP contribution in [0.3, 0.4) is 0 Å². The molecule has 0 amide bonds. The van der Waals surface area contributed by atoms with Gasteiger partial charge in [-0.15, -0.1) is 0 Å². The number of hydrogen-bond acceptors (Lipinski definition) is 5. The lowest BCUT2D eigenvalue weighted by molar-refractivity contribution is -0.159. The summed E-state index contributed by atoms with van der Waals surface area (Å²) in [6, 6.07) is 12.5. The fourth-order valence-electron chi connectivity index (χ4n) is 3.30. The zero-order chi connectivity index (χ0) is 20.9. The molecule has 156 valence electrons. The highest BCUT2D eigenvalue weighted by molar-refractivity contribution is 6.31. The van der Waals surface area contributed by atoms with Crippen LogP contribution >= 0.6 is 11.6 Å². The van der Waals surface area contributed by atoms with E-state index in [-0.39, 0.29) is 19.6 Å². The lowest BCUT2D eigenvalue weighted by Crippen LogP contribution is -2.40. The summed E-state index contributed by atoms with van der Waals surface area (Å²) in [6.07, 6.45) is 0.689. The standard InChI is InChI=1S/C22H25ClO6/c1-15-10-19(6-7-20(15)23)28-14-17(24)13-27-18-5-2-4-16(11-18)12-22(21(25)26)8-3-9-29-22/h2,4-7,10-11,17,24H,3,8-9,12-14H2,1H3,(H,25,26). The van der Waals surface area contributed by atoms with Crippen molar-refractivity contribution in [1.82, 2.24) is 0 Å². The van der Waals surface area contributed by atoms with Crippen LogP contribution in [-0.4, -0.2) is 47.7 Å². The summed E-state index contributed by atoms with van der Waals surface area (Å²) in [5.74, 6) is 0.247. The Labute approximate surface area is 175 Å². The van der Waals surface area contributed by atoms with Crippen LogP contribution in [0, 0.1) is 6.92 Å². The number of aryl methyl sites for hydroxylation is 1. The molecule has 0 aliphatic carbocycles. The number of ether oxygens (including phenoxy) is 3. The predicted octanol–water partition coefficient (Wildman–Crippen LogP) is 3.64. The monoisotopic (exact) mass is 420 g/mol. The molecule has 1 aliphatic rings. The average molecular weight is 421 g/mol. The van der Waals surface area contributed by atoms with Gasteiger partial charge < -0.3 is 24.4 Å². The molecule has 1 aliphatic heterocycles. The highest BCUT2D eigenvalue weighted by Gasteiger charge is 2.42. The third-order valence-electron chi connectivity index (χ3n) is 4.90. The Morgan fingerprint density at radius 2 is 1.93 bits per heavy atom. The van der Waals surface area contributed by atoms with Gasteiger partial charge in [0.15, 0.2) is 5.60 Å². The third-order valence-corrected chi connectivity index (χ3v) is 5.32. The van der Waals surface area contributed by atoms with Gasteiger partial charge in [-0.25, -0.2) is 4.79 Å². The maximum absolute atomic E-state index is 11.6. The number of carboxylic acids is 1. The van der Waals surface area contributed by atoms with E-state index in [1.54, 1.807) is 30.3 Å². The van der Waals surface area contributed by atoms with Gasteiger partial charge in [-0.3, -0.25) is 0 Å². The summed E-state index contributed by atoms with van der Waals surface area (Å²) in [6.45, 7) is 2.47. The minimum atomic E-state index is -1.16. The summed E-state index contributed by atoms with van der Waals surface area (Å²) in [5.41, 5.74) is 0.550. The van der Waals surface area contributed by atoms with Gasteiger partial charge in [0.2, 0.25) is 0 Å². The Balaban J connectivity index is 1.52. The van der Waals surface area contributed by atoms with E-state index >= 15 is 0 Å². The Morgan fingerprint density at radius 1 is 1.21 bits per heavy atom. The smallest absolute Gasteiger partial charge is 0.336 e. The van der Waals surface area contributed by atoms with Crippen molar-refractivity contribution >= 4 is 17.6 Å². The van der Waals surface area contributed by atoms with Crippen molar-refractivity contribution in [3.8, 4) is 11.5 Å². The van der Waals surface area contributed by atoms with Gasteiger partial charge in [-0.1, -0.05) is 23.7 Å². The molecule has 1 saturated heterocycles. The topological polar surface area (TPSA) is 85.2 Å². The number of benzene rings is 2. The van der Waals surface area contributed by atoms with Crippen LogP contribution in [0.2, 0.25) is 5.02 Å². The van der Waals surface area contributed by atoms with Crippen LogP contribution in [0.5, 0.6) is 11.5 Å². The molecule has 2 unspecified atom stereocenters. The highest BCUT2D eigenvalue weighted by atomic mass is 35.5. The van der Waals surface area contributed by atoms with Gasteiger partial charge in [-0.2, -0.15) is 0 Å². The Hall–Kier alpha value is -2.28. The van der Waals surface area contributed by atoms with Crippen molar-refractivity contribution < 1.29 is 29.2 Å². The molecule has 0 bridgehead atoms. The molecule has 0 saturated carbocycles. The maximum atomic E-state index is 11.6. The fourth-order valence-corrected chi connectivity index (χ4v) is 3.41. The zero-order valence-corrected chi connectivity index (χ0v) is 17.0. The highest BCUT2D eigenvalue weighted by Crippen LogP contribution is 2.31. The molecule has 1 fully saturated rings. The molecular weight excluding hydrogens is 396 g/mol. The molecule has 2 aromatic carbocycles. The van der Waals surface area contributed by atoms with Crippen LogP contribution < -0.4 is 9.47 Å². The van der Waals surface area contributed by atoms with Gasteiger partial charge in [0.05, 0.1) is 0 Å². The normalized spacial score (nSPS) is 19.7. The Morgan fingerprint density at radius 3 is 2.55 bits per heavy atom. The van der Waals surface area contributed by atoms with Crippen LogP contribution in [0.15, 0.2) is 42.5 Å². The number of aliphatic carboxylic acids is 1. The molecule has 7 heteroatoms. The van der Waals surface area contributed by atoms with Crippen LogP contribution in [0.1, 0.15) is 24.0 Å². The minimum absolute atomic E-state index is 0.0522. The van der Waals surface area contributed by atoms with E-state index in [9.17, 15) is 15.0 Å². The molecule has 3 rings (SSSR count). The number of aliphatic hydroxyl groups excluding tert-OH is 1. The van der Waals surface area contributed by atoms with Crippen molar-refractivity contribution in [3.63, 3.8) is 0 Å². The first-order valence-electron chi connectivity index (χ1n) is 9.54. The molecule has 0 spiro atoms. The van der Waals surface area contributed by atoms with Crippen molar-refractivity contribution in [2.24, 2.45) is 0 Å². The lowest BCUT2D eigenvalue weighted by Gasteiger charge is -2.23. The lowest BCUT2D eigenvalue weighted by atomic mass is 9.91. The second kappa shape index (κ2) is 9.48. The summed E-state index contributed by atoms with van der Waals surface area (Å²) in [4.78, 5) is 11.6. The minimum Gasteiger partial charge on any atom is -0.491 e. The Kier molecular flexibility index (Phi) is 7.00. The first kappa shape index (κ1) is 21.4. The summed E-state index contributed by atoms with van der Waals surface area (Å²) >= 11 is 5.99. The van der Waals surface area contributed by atoms with E-state index in [4.69, 9.17) is 25.8 Å². The molecule has 2 N–H and O–H groups in total. The van der Waals surface area contributed by atoms with Crippen molar-refractivity contribution in [2.45, 2.75) is 37.9 Å². The molecule has 2 atom stereocenters. The van der Waals surface area contributed by atoms with Crippen LogP contribution in [0.4, 0.5) is 0 Å². The molecule has 29 heavy (non-hydrogen) atoms. The number of halogens is 1. The second-order valence-electron chi connectivity index (χ2n) is 7.26. The quantitative estimate of drug-likeness (QED) is 0.644. The fraction of sp³-hybridized carbons (Fsp3) is 0.409. The first-order valence-corrected chi connectivity index (χ1v) is 9.92. The number of hydrogen-bond donors (Lipinski definition) is 2. The molecule has 0 radical (unpaired) electrons. The third kappa shape index (κ3) is 5.63. The number of aliphatic hydroxyl groups is 1. The second-order valence-corrected chi connectivity index (χ2v) is 7.67. The average Bonchev–Trinajstić information content (AvgIpc) is 3.17. The SMILES string of the molecule is Cc1cc(OCC(O)COc2cccc(CC3(C(=O)O)CCCO3)c2)ccc1Cl. The zero-order valence-electron chi connectivity index (χ0n) is 16.3. The van der Waals surface area contributed by atoms with Crippen LogP contribution in [-0.2, 0) is 16.0 Å². The number of carbonyl (C=O) groups is 1. The van der Waals surface area contributed by atoms with E-state index in [1.165, 1.54) is 0 Å². The summed E-state index contributed by atoms with van der Waals surface area (Å²) in [5, 5.41) is 20.3. The molecule has 6 nitrogen and oxygen atoms in total. The van der Waals surface area contributed by atoms with E-state index in [0.29, 0.717) is 29.5 Å². The molecule has 2 aromatic rings. The van der Waals surface area contributed by atoms with E-state index in [0.717, 1.165) is 17.5 Å². The molecule has 0 aromatic heterocycles. The van der Waals surface area contributed by atoms with Gasteiger partial charge in [-0.05, 0) is 61.2 Å². The van der Waals surface area contributed by atoms with Crippen molar-refractivity contribution in [1.29, 1.82) is 0 Å².